The fourth-order valence-corrected chi connectivity index (χ4v) is 4.79. The van der Waals surface area contributed by atoms with Gasteiger partial charge in [0, 0.05) is 24.8 Å². The van der Waals surface area contributed by atoms with Crippen molar-refractivity contribution in [1.29, 1.82) is 0 Å². The van der Waals surface area contributed by atoms with Gasteiger partial charge >= 0.3 is 0 Å². The van der Waals surface area contributed by atoms with E-state index < -0.39 is 0 Å². The summed E-state index contributed by atoms with van der Waals surface area (Å²) < 4.78 is 17.9. The number of ether oxygens (including phenoxy) is 3. The van der Waals surface area contributed by atoms with Crippen LogP contribution in [0.4, 0.5) is 0 Å². The largest absolute Gasteiger partial charge is 0.493 e. The summed E-state index contributed by atoms with van der Waals surface area (Å²) in [5, 5.41) is 5.30. The summed E-state index contributed by atoms with van der Waals surface area (Å²) in [7, 11) is 4.84. The highest BCUT2D eigenvalue weighted by atomic mass is 35.5. The number of Topliss-reactive ketones (excluding diaryl/α,β-unsaturated/α-hetero) is 1. The van der Waals surface area contributed by atoms with E-state index in [-0.39, 0.29) is 11.7 Å². The SMILES string of the molecule is COCc1nn2cc3c(nc2c1-c1cccc(Cl)c1)CC(c1ccc(OC)c(OC)c1)CC3=O. The lowest BCUT2D eigenvalue weighted by Crippen LogP contribution is -2.21. The second-order valence-corrected chi connectivity index (χ2v) is 8.71. The Morgan fingerprint density at radius 1 is 1.06 bits per heavy atom. The molecule has 1 unspecified atom stereocenters. The number of benzene rings is 2. The monoisotopic (exact) mass is 477 g/mol. The van der Waals surface area contributed by atoms with E-state index in [4.69, 9.17) is 30.8 Å². The van der Waals surface area contributed by atoms with E-state index in [2.05, 4.69) is 5.10 Å². The quantitative estimate of drug-likeness (QED) is 0.383. The van der Waals surface area contributed by atoms with Crippen LogP contribution in [0.5, 0.6) is 11.5 Å². The highest BCUT2D eigenvalue weighted by molar-refractivity contribution is 6.30. The van der Waals surface area contributed by atoms with E-state index in [0.29, 0.717) is 47.2 Å². The Balaban J connectivity index is 1.61. The summed E-state index contributed by atoms with van der Waals surface area (Å²) in [6.07, 6.45) is 2.81. The number of carbonyl (C=O) groups is 1. The molecule has 0 N–H and O–H groups in total. The topological polar surface area (TPSA) is 75.0 Å². The number of aromatic nitrogens is 3. The molecule has 0 fully saturated rings. The number of carbonyl (C=O) groups excluding carboxylic acids is 1. The first-order valence-corrected chi connectivity index (χ1v) is 11.3. The fraction of sp³-hybridized carbons (Fsp3) is 0.269. The Hall–Kier alpha value is -3.42. The van der Waals surface area contributed by atoms with Gasteiger partial charge in [0.05, 0.1) is 43.3 Å². The molecule has 174 valence electrons. The molecule has 1 aliphatic carbocycles. The average molecular weight is 478 g/mol. The van der Waals surface area contributed by atoms with Crippen molar-refractivity contribution in [3.05, 3.63) is 76.2 Å². The molecule has 2 heterocycles. The number of hydrogen-bond donors (Lipinski definition) is 0. The average Bonchev–Trinajstić information content (AvgIpc) is 3.19. The highest BCUT2D eigenvalue weighted by Crippen LogP contribution is 2.38. The van der Waals surface area contributed by atoms with Gasteiger partial charge in [0.25, 0.3) is 0 Å². The molecule has 0 amide bonds. The summed E-state index contributed by atoms with van der Waals surface area (Å²) in [6, 6.07) is 13.4. The van der Waals surface area contributed by atoms with Crippen molar-refractivity contribution in [2.45, 2.75) is 25.4 Å². The minimum absolute atomic E-state index is 0.00857. The van der Waals surface area contributed by atoms with Crippen LogP contribution >= 0.6 is 11.6 Å². The maximum absolute atomic E-state index is 13.1. The predicted octanol–water partition coefficient (Wildman–Crippen LogP) is 5.13. The molecule has 2 aromatic heterocycles. The molecule has 34 heavy (non-hydrogen) atoms. The maximum Gasteiger partial charge on any atom is 0.166 e. The van der Waals surface area contributed by atoms with Crippen LogP contribution in [-0.2, 0) is 17.8 Å². The number of methoxy groups -OCH3 is 3. The van der Waals surface area contributed by atoms with Crippen LogP contribution in [-0.4, -0.2) is 41.7 Å². The van der Waals surface area contributed by atoms with E-state index in [1.165, 1.54) is 0 Å². The Labute approximate surface area is 202 Å². The number of fused-ring (bicyclic) bond motifs is 2. The van der Waals surface area contributed by atoms with Crippen molar-refractivity contribution >= 4 is 23.0 Å². The Morgan fingerprint density at radius 3 is 2.62 bits per heavy atom. The zero-order chi connectivity index (χ0) is 23.8. The minimum Gasteiger partial charge on any atom is -0.493 e. The highest BCUT2D eigenvalue weighted by Gasteiger charge is 2.30. The zero-order valence-corrected chi connectivity index (χ0v) is 19.9. The zero-order valence-electron chi connectivity index (χ0n) is 19.2. The summed E-state index contributed by atoms with van der Waals surface area (Å²) in [5.41, 5.74) is 5.55. The van der Waals surface area contributed by atoms with Crippen LogP contribution in [0, 0.1) is 0 Å². The normalized spacial score (nSPS) is 15.4. The van der Waals surface area contributed by atoms with Gasteiger partial charge in [-0.15, -0.1) is 0 Å². The Bertz CT molecular complexity index is 1400. The lowest BCUT2D eigenvalue weighted by atomic mass is 9.82. The molecule has 1 aliphatic rings. The molecule has 0 aliphatic heterocycles. The molecule has 0 saturated heterocycles. The number of halogens is 1. The molecule has 0 spiro atoms. The van der Waals surface area contributed by atoms with Crippen LogP contribution in [0.25, 0.3) is 16.8 Å². The number of rotatable bonds is 6. The van der Waals surface area contributed by atoms with Crippen molar-refractivity contribution < 1.29 is 19.0 Å². The molecule has 0 bridgehead atoms. The van der Waals surface area contributed by atoms with Crippen LogP contribution in [0.2, 0.25) is 5.02 Å². The first kappa shape index (κ1) is 22.4. The molecule has 2 aromatic carbocycles. The van der Waals surface area contributed by atoms with Gasteiger partial charge in [-0.25, -0.2) is 9.50 Å². The first-order chi connectivity index (χ1) is 16.5. The van der Waals surface area contributed by atoms with Crippen molar-refractivity contribution in [1.82, 2.24) is 14.6 Å². The van der Waals surface area contributed by atoms with Crippen LogP contribution in [0.3, 0.4) is 0 Å². The summed E-state index contributed by atoms with van der Waals surface area (Å²) in [5.74, 6) is 1.34. The summed E-state index contributed by atoms with van der Waals surface area (Å²) >= 11 is 6.27. The second-order valence-electron chi connectivity index (χ2n) is 8.28. The number of nitrogens with zero attached hydrogens (tertiary/aromatic N) is 3. The molecule has 0 saturated carbocycles. The van der Waals surface area contributed by atoms with Crippen LogP contribution in [0.1, 0.15) is 39.6 Å². The molecule has 0 radical (unpaired) electrons. The second kappa shape index (κ2) is 9.08. The van der Waals surface area contributed by atoms with Crippen molar-refractivity contribution in [3.63, 3.8) is 0 Å². The van der Waals surface area contributed by atoms with E-state index in [9.17, 15) is 4.79 Å². The summed E-state index contributed by atoms with van der Waals surface area (Å²) in [4.78, 5) is 18.1. The smallest absolute Gasteiger partial charge is 0.166 e. The van der Waals surface area contributed by atoms with Crippen LogP contribution in [0.15, 0.2) is 48.7 Å². The molecule has 1 atom stereocenters. The third kappa shape index (κ3) is 3.91. The van der Waals surface area contributed by atoms with Crippen molar-refractivity contribution in [2.75, 3.05) is 21.3 Å². The van der Waals surface area contributed by atoms with Crippen LogP contribution < -0.4 is 9.47 Å². The maximum atomic E-state index is 13.1. The van der Waals surface area contributed by atoms with E-state index in [1.807, 2.05) is 42.5 Å². The van der Waals surface area contributed by atoms with E-state index >= 15 is 0 Å². The van der Waals surface area contributed by atoms with Gasteiger partial charge in [-0.2, -0.15) is 5.10 Å². The van der Waals surface area contributed by atoms with Gasteiger partial charge in [-0.3, -0.25) is 4.79 Å². The lowest BCUT2D eigenvalue weighted by Gasteiger charge is -2.24. The fourth-order valence-electron chi connectivity index (χ4n) is 4.60. The third-order valence-corrected chi connectivity index (χ3v) is 6.44. The van der Waals surface area contributed by atoms with Gasteiger partial charge < -0.3 is 14.2 Å². The van der Waals surface area contributed by atoms with Gasteiger partial charge in [-0.05, 0) is 47.7 Å². The Morgan fingerprint density at radius 2 is 1.88 bits per heavy atom. The van der Waals surface area contributed by atoms with E-state index in [0.717, 1.165) is 28.1 Å². The summed E-state index contributed by atoms with van der Waals surface area (Å²) in [6.45, 7) is 0.318. The molecular weight excluding hydrogens is 454 g/mol. The minimum atomic E-state index is -0.00857. The molecule has 8 heteroatoms. The third-order valence-electron chi connectivity index (χ3n) is 6.21. The molecule has 4 aromatic rings. The van der Waals surface area contributed by atoms with Gasteiger partial charge in [-0.1, -0.05) is 29.8 Å². The van der Waals surface area contributed by atoms with Crippen molar-refractivity contribution in [3.8, 4) is 22.6 Å². The number of hydrogen-bond acceptors (Lipinski definition) is 6. The molecular formula is C26H24ClN3O4. The van der Waals surface area contributed by atoms with Gasteiger partial charge in [0.1, 0.15) is 0 Å². The first-order valence-electron chi connectivity index (χ1n) is 10.9. The van der Waals surface area contributed by atoms with Gasteiger partial charge in [0.15, 0.2) is 22.9 Å². The van der Waals surface area contributed by atoms with E-state index in [1.54, 1.807) is 32.0 Å². The lowest BCUT2D eigenvalue weighted by molar-refractivity contribution is 0.0962. The molecule has 7 nitrogen and oxygen atoms in total. The predicted molar refractivity (Wildman–Crippen MR) is 129 cm³/mol. The van der Waals surface area contributed by atoms with Gasteiger partial charge in [0.2, 0.25) is 0 Å². The molecule has 5 rings (SSSR count). The number of ketones is 1. The van der Waals surface area contributed by atoms with Crippen molar-refractivity contribution in [2.24, 2.45) is 0 Å². The standard InChI is InChI=1S/C26H24ClN3O4/c1-32-14-21-25(16-5-4-6-18(27)9-16)26-28-20-10-17(11-22(31)19(20)13-30(26)29-21)15-7-8-23(33-2)24(12-15)34-3/h4-9,12-13,17H,10-11,14H2,1-3H3. The Kier molecular flexibility index (Phi) is 5.98.